The van der Waals surface area contributed by atoms with Crippen LogP contribution in [0.15, 0.2) is 76.5 Å². The van der Waals surface area contributed by atoms with Gasteiger partial charge in [0.15, 0.2) is 5.96 Å². The summed E-state index contributed by atoms with van der Waals surface area (Å²) in [5.41, 5.74) is 15.5. The van der Waals surface area contributed by atoms with E-state index in [2.05, 4.69) is 39.8 Å². The number of nitrogens with zero attached hydrogens (tertiary/aromatic N) is 2. The van der Waals surface area contributed by atoms with E-state index < -0.39 is 0 Å². The van der Waals surface area contributed by atoms with Crippen LogP contribution < -0.4 is 32.5 Å². The van der Waals surface area contributed by atoms with Crippen LogP contribution in [0.4, 0.5) is 10.5 Å². The Bertz CT molecular complexity index is 909. The minimum absolute atomic E-state index is 0.00418. The number of amides is 2. The maximum absolute atomic E-state index is 12.5. The predicted octanol–water partition coefficient (Wildman–Crippen LogP) is 0.708. The Hall–Kier alpha value is -3.42. The van der Waals surface area contributed by atoms with Gasteiger partial charge in [-0.2, -0.15) is 0 Å². The lowest BCUT2D eigenvalue weighted by Gasteiger charge is -2.29. The zero-order valence-corrected chi connectivity index (χ0v) is 14.7. The molecule has 6 N–H and O–H groups in total. The third-order valence-corrected chi connectivity index (χ3v) is 4.55. The van der Waals surface area contributed by atoms with Crippen molar-refractivity contribution in [2.24, 2.45) is 16.4 Å². The van der Waals surface area contributed by atoms with Crippen LogP contribution in [0.2, 0.25) is 0 Å². The van der Waals surface area contributed by atoms with Gasteiger partial charge in [0.2, 0.25) is 0 Å². The van der Waals surface area contributed by atoms with Gasteiger partial charge in [0.25, 0.3) is 0 Å². The molecule has 0 bridgehead atoms. The van der Waals surface area contributed by atoms with E-state index in [0.717, 1.165) is 40.8 Å². The van der Waals surface area contributed by atoms with E-state index in [-0.39, 0.29) is 18.2 Å². The molecule has 1 aliphatic carbocycles. The van der Waals surface area contributed by atoms with Gasteiger partial charge in [0.1, 0.15) is 6.17 Å². The van der Waals surface area contributed by atoms with Gasteiger partial charge >= 0.3 is 13.4 Å². The molecule has 1 atom stereocenters. The number of rotatable bonds is 4. The Morgan fingerprint density at radius 3 is 2.70 bits per heavy atom. The summed E-state index contributed by atoms with van der Waals surface area (Å²) in [6.07, 6.45) is 12.4. The maximum Gasteiger partial charge on any atom is 0.327 e. The van der Waals surface area contributed by atoms with E-state index in [0.29, 0.717) is 0 Å². The quantitative estimate of drug-likeness (QED) is 0.361. The summed E-state index contributed by atoms with van der Waals surface area (Å²) in [5, 5.41) is 6.36. The highest BCUT2D eigenvalue weighted by atomic mass is 16.2. The van der Waals surface area contributed by atoms with Crippen LogP contribution in [-0.4, -0.2) is 25.6 Å². The lowest BCUT2D eigenvalue weighted by Crippen LogP contribution is -2.51. The number of hydrogen-bond donors (Lipinski definition) is 4. The van der Waals surface area contributed by atoms with Crippen LogP contribution in [0.1, 0.15) is 12.8 Å². The van der Waals surface area contributed by atoms with Crippen molar-refractivity contribution >= 4 is 30.6 Å². The van der Waals surface area contributed by atoms with Gasteiger partial charge in [-0.15, -0.1) is 0 Å². The summed E-state index contributed by atoms with van der Waals surface area (Å²) in [4.78, 5) is 18.0. The molecule has 2 aliphatic heterocycles. The smallest absolute Gasteiger partial charge is 0.327 e. The predicted molar refractivity (Wildman–Crippen MR) is 108 cm³/mol. The molecule has 1 unspecified atom stereocenters. The number of urea groups is 1. The largest absolute Gasteiger partial charge is 0.371 e. The number of nitrogens with one attached hydrogen (secondary N) is 2. The molecular weight excluding hydrogens is 339 g/mol. The Labute approximate surface area is 158 Å². The van der Waals surface area contributed by atoms with Crippen molar-refractivity contribution in [2.75, 3.05) is 4.90 Å². The Balaban J connectivity index is 1.55. The summed E-state index contributed by atoms with van der Waals surface area (Å²) in [6, 6.07) is 7.23. The number of fused-ring (bicyclic) bond motifs is 1. The van der Waals surface area contributed by atoms with Crippen molar-refractivity contribution < 1.29 is 4.79 Å². The average Bonchev–Trinajstić information content (AvgIpc) is 3.10. The summed E-state index contributed by atoms with van der Waals surface area (Å²) < 4.78 is 0. The fourth-order valence-corrected chi connectivity index (χ4v) is 3.20. The number of allylic oxidation sites excluding steroid dienone is 3. The van der Waals surface area contributed by atoms with Crippen molar-refractivity contribution in [3.05, 3.63) is 71.6 Å². The number of benzene rings is 1. The van der Waals surface area contributed by atoms with Crippen LogP contribution >= 0.6 is 0 Å². The number of carbonyl (C=O) groups excluding carboxylic acids is 1. The molecule has 1 aromatic rings. The van der Waals surface area contributed by atoms with Gasteiger partial charge in [-0.25, -0.2) is 4.79 Å². The molecule has 1 radical (unpaired) electrons. The van der Waals surface area contributed by atoms with Crippen LogP contribution in [0.3, 0.4) is 0 Å². The first-order chi connectivity index (χ1) is 13.1. The molecule has 27 heavy (non-hydrogen) atoms. The second-order valence-corrected chi connectivity index (χ2v) is 6.50. The Morgan fingerprint density at radius 2 is 2.00 bits per heavy atom. The average molecular weight is 359 g/mol. The molecule has 4 rings (SSSR count). The second kappa shape index (κ2) is 7.07. The standard InChI is InChI=1S/C19H20BN6O/c21-18(22)25-20-14-6-8-15(9-7-14)26-11-13-10-16(12-4-2-1-3-5-12)23-17(13)24-19(26)27/h2,4-11,17,23H,1,3H2,(H,24,27)(H4,21,22,25). The van der Waals surface area contributed by atoms with Crippen molar-refractivity contribution in [1.29, 1.82) is 0 Å². The van der Waals surface area contributed by atoms with Crippen molar-refractivity contribution in [3.63, 3.8) is 0 Å². The number of anilines is 1. The number of hydrogen-bond acceptors (Lipinski definition) is 3. The van der Waals surface area contributed by atoms with Gasteiger partial charge in [0, 0.05) is 17.5 Å². The number of guanidine groups is 1. The Kier molecular flexibility index (Phi) is 4.46. The summed E-state index contributed by atoms with van der Waals surface area (Å²) in [7, 11) is 1.57. The molecule has 0 aromatic heterocycles. The van der Waals surface area contributed by atoms with Gasteiger partial charge < -0.3 is 27.0 Å². The van der Waals surface area contributed by atoms with Gasteiger partial charge in [-0.3, -0.25) is 4.90 Å². The highest BCUT2D eigenvalue weighted by Crippen LogP contribution is 2.28. The highest BCUT2D eigenvalue weighted by Gasteiger charge is 2.31. The lowest BCUT2D eigenvalue weighted by atomic mass is 9.84. The fraction of sp³-hybridized carbons (Fsp3) is 0.158. The van der Waals surface area contributed by atoms with Crippen molar-refractivity contribution in [1.82, 2.24) is 10.6 Å². The molecule has 1 aromatic carbocycles. The third kappa shape index (κ3) is 3.60. The highest BCUT2D eigenvalue weighted by molar-refractivity contribution is 6.53. The van der Waals surface area contributed by atoms with Crippen LogP contribution in [-0.2, 0) is 0 Å². The van der Waals surface area contributed by atoms with Gasteiger partial charge in [-0.05, 0) is 36.6 Å². The lowest BCUT2D eigenvalue weighted by molar-refractivity contribution is 0.244. The Morgan fingerprint density at radius 1 is 1.19 bits per heavy atom. The molecule has 7 nitrogen and oxygen atoms in total. The second-order valence-electron chi connectivity index (χ2n) is 6.50. The molecule has 8 heteroatoms. The van der Waals surface area contributed by atoms with Crippen LogP contribution in [0, 0.1) is 0 Å². The van der Waals surface area contributed by atoms with E-state index >= 15 is 0 Å². The zero-order chi connectivity index (χ0) is 18.8. The maximum atomic E-state index is 12.5. The molecule has 0 saturated carbocycles. The van der Waals surface area contributed by atoms with Crippen LogP contribution in [0.5, 0.6) is 0 Å². The van der Waals surface area contributed by atoms with E-state index in [9.17, 15) is 4.79 Å². The first-order valence-corrected chi connectivity index (χ1v) is 8.79. The fourth-order valence-electron chi connectivity index (χ4n) is 3.20. The summed E-state index contributed by atoms with van der Waals surface area (Å²) >= 11 is 0. The topological polar surface area (TPSA) is 109 Å². The first kappa shape index (κ1) is 17.0. The summed E-state index contributed by atoms with van der Waals surface area (Å²) in [6.45, 7) is 0. The van der Waals surface area contributed by atoms with E-state index in [1.807, 2.05) is 30.5 Å². The van der Waals surface area contributed by atoms with E-state index in [4.69, 9.17) is 11.5 Å². The van der Waals surface area contributed by atoms with E-state index in [1.165, 1.54) is 0 Å². The minimum Gasteiger partial charge on any atom is -0.371 e. The van der Waals surface area contributed by atoms with Crippen molar-refractivity contribution in [2.45, 2.75) is 19.0 Å². The SMILES string of the molecule is NC(N)=N[B]c1ccc(N2C=C3C=C(C4=CCCC=C4)NC3NC2=O)cc1. The first-order valence-electron chi connectivity index (χ1n) is 8.79. The number of nitrogens with two attached hydrogens (primary N) is 2. The molecule has 2 heterocycles. The van der Waals surface area contributed by atoms with Crippen molar-refractivity contribution in [3.8, 4) is 0 Å². The van der Waals surface area contributed by atoms with Crippen LogP contribution in [0.25, 0.3) is 0 Å². The molecule has 0 saturated heterocycles. The molecule has 2 amide bonds. The molecule has 0 spiro atoms. The molecule has 135 valence electrons. The number of carbonyl (C=O) groups is 1. The molecule has 0 fully saturated rings. The third-order valence-electron chi connectivity index (χ3n) is 4.55. The minimum atomic E-state index is -0.200. The van der Waals surface area contributed by atoms with Gasteiger partial charge in [-0.1, -0.05) is 35.8 Å². The zero-order valence-electron chi connectivity index (χ0n) is 14.7. The van der Waals surface area contributed by atoms with E-state index in [1.54, 1.807) is 12.3 Å². The normalized spacial score (nSPS) is 20.6. The summed E-state index contributed by atoms with van der Waals surface area (Å²) in [5.74, 6) is 0.00418. The molecular formula is C19H20BN6O. The monoisotopic (exact) mass is 359 g/mol. The molecule has 3 aliphatic rings. The van der Waals surface area contributed by atoms with Gasteiger partial charge in [0.05, 0.1) is 5.69 Å².